The van der Waals surface area contributed by atoms with Gasteiger partial charge in [0.05, 0.1) is 0 Å². The van der Waals surface area contributed by atoms with Crippen LogP contribution in [0.5, 0.6) is 0 Å². The van der Waals surface area contributed by atoms with Gasteiger partial charge in [-0.15, -0.1) is 0 Å². The second-order valence-electron chi connectivity index (χ2n) is 8.27. The number of piperazine rings is 1. The molecule has 3 rings (SSSR count). The molecule has 2 aliphatic rings. The van der Waals surface area contributed by atoms with Crippen LogP contribution in [0.4, 0.5) is 0 Å². The molecular formula is C22H37N5. The molecule has 1 aromatic rings. The molecule has 0 amide bonds. The lowest BCUT2D eigenvalue weighted by atomic mass is 9.97. The zero-order chi connectivity index (χ0) is 19.1. The molecule has 0 aromatic heterocycles. The van der Waals surface area contributed by atoms with Crippen molar-refractivity contribution in [3.05, 3.63) is 35.9 Å². The number of nitrogens with one attached hydrogen (secondary N) is 1. The first-order valence-corrected chi connectivity index (χ1v) is 10.6. The van der Waals surface area contributed by atoms with Crippen LogP contribution in [-0.2, 0) is 6.54 Å². The van der Waals surface area contributed by atoms with Crippen LogP contribution < -0.4 is 5.32 Å². The Balaban J connectivity index is 1.42. The van der Waals surface area contributed by atoms with Gasteiger partial charge in [0.25, 0.3) is 0 Å². The maximum absolute atomic E-state index is 4.56. The maximum Gasteiger partial charge on any atom is 0.193 e. The first kappa shape index (κ1) is 20.2. The number of rotatable bonds is 5. The van der Waals surface area contributed by atoms with E-state index in [1.165, 1.54) is 31.5 Å². The molecule has 0 bridgehead atoms. The Morgan fingerprint density at radius 1 is 1.11 bits per heavy atom. The van der Waals surface area contributed by atoms with Gasteiger partial charge in [-0.05, 0) is 44.7 Å². The summed E-state index contributed by atoms with van der Waals surface area (Å²) in [6.45, 7) is 13.5. The molecule has 5 heteroatoms. The molecule has 2 fully saturated rings. The van der Waals surface area contributed by atoms with Crippen LogP contribution in [0, 0.1) is 5.92 Å². The minimum Gasteiger partial charge on any atom is -0.356 e. The first-order chi connectivity index (χ1) is 13.2. The van der Waals surface area contributed by atoms with Gasteiger partial charge in [0.15, 0.2) is 5.96 Å². The summed E-state index contributed by atoms with van der Waals surface area (Å²) < 4.78 is 0. The van der Waals surface area contributed by atoms with Gasteiger partial charge in [0.1, 0.15) is 0 Å². The number of likely N-dealkylation sites (tertiary alicyclic amines) is 1. The molecular weight excluding hydrogens is 334 g/mol. The Kier molecular flexibility index (Phi) is 7.53. The monoisotopic (exact) mass is 371 g/mol. The van der Waals surface area contributed by atoms with Crippen LogP contribution in [0.25, 0.3) is 0 Å². The summed E-state index contributed by atoms with van der Waals surface area (Å²) in [5.41, 5.74) is 1.40. The summed E-state index contributed by atoms with van der Waals surface area (Å²) >= 11 is 0. The van der Waals surface area contributed by atoms with Crippen LogP contribution in [-0.4, -0.2) is 79.6 Å². The van der Waals surface area contributed by atoms with Crippen LogP contribution in [0.15, 0.2) is 35.3 Å². The Morgan fingerprint density at radius 3 is 2.52 bits per heavy atom. The minimum absolute atomic E-state index is 0.657. The van der Waals surface area contributed by atoms with Gasteiger partial charge in [-0.2, -0.15) is 0 Å². The van der Waals surface area contributed by atoms with Gasteiger partial charge in [0, 0.05) is 58.9 Å². The molecule has 1 unspecified atom stereocenters. The van der Waals surface area contributed by atoms with Crippen molar-refractivity contribution < 1.29 is 0 Å². The van der Waals surface area contributed by atoms with E-state index in [2.05, 4.69) is 69.2 Å². The normalized spacial score (nSPS) is 23.0. The fourth-order valence-corrected chi connectivity index (χ4v) is 4.26. The molecule has 0 saturated carbocycles. The standard InChI is InChI=1S/C22H37N5/c1-19(2)27-11-7-10-21(18-27)16-24-22(23-3)26-14-12-25(13-15-26)17-20-8-5-4-6-9-20/h4-6,8-9,19,21H,7,10-18H2,1-3H3,(H,23,24). The van der Waals surface area contributed by atoms with E-state index < -0.39 is 0 Å². The lowest BCUT2D eigenvalue weighted by Crippen LogP contribution is -2.53. The zero-order valence-corrected chi connectivity index (χ0v) is 17.4. The first-order valence-electron chi connectivity index (χ1n) is 10.6. The van der Waals surface area contributed by atoms with Gasteiger partial charge >= 0.3 is 0 Å². The summed E-state index contributed by atoms with van der Waals surface area (Å²) in [7, 11) is 1.92. The number of hydrogen-bond donors (Lipinski definition) is 1. The van der Waals surface area contributed by atoms with Crippen molar-refractivity contribution in [1.82, 2.24) is 20.0 Å². The molecule has 1 atom stereocenters. The largest absolute Gasteiger partial charge is 0.356 e. The fourth-order valence-electron chi connectivity index (χ4n) is 4.26. The SMILES string of the molecule is CN=C(NCC1CCCN(C(C)C)C1)N1CCN(Cc2ccccc2)CC1. The van der Waals surface area contributed by atoms with Gasteiger partial charge < -0.3 is 15.1 Å². The molecule has 0 aliphatic carbocycles. The molecule has 1 aromatic carbocycles. The highest BCUT2D eigenvalue weighted by molar-refractivity contribution is 5.80. The van der Waals surface area contributed by atoms with E-state index in [0.717, 1.165) is 51.1 Å². The predicted molar refractivity (Wildman–Crippen MR) is 114 cm³/mol. The number of guanidine groups is 1. The summed E-state index contributed by atoms with van der Waals surface area (Å²) in [6, 6.07) is 11.4. The van der Waals surface area contributed by atoms with Crippen molar-refractivity contribution >= 4 is 5.96 Å². The number of hydrogen-bond acceptors (Lipinski definition) is 3. The third kappa shape index (κ3) is 5.94. The van der Waals surface area contributed by atoms with Crippen molar-refractivity contribution in [1.29, 1.82) is 0 Å². The lowest BCUT2D eigenvalue weighted by molar-refractivity contribution is 0.139. The average Bonchev–Trinajstić information content (AvgIpc) is 2.70. The summed E-state index contributed by atoms with van der Waals surface area (Å²) in [4.78, 5) is 12.1. The highest BCUT2D eigenvalue weighted by Crippen LogP contribution is 2.18. The zero-order valence-electron chi connectivity index (χ0n) is 17.4. The summed E-state index contributed by atoms with van der Waals surface area (Å²) in [5.74, 6) is 1.81. The van der Waals surface area contributed by atoms with Crippen LogP contribution >= 0.6 is 0 Å². The Labute approximate surface area is 165 Å². The maximum atomic E-state index is 4.56. The molecule has 0 radical (unpaired) electrons. The van der Waals surface area contributed by atoms with Crippen molar-refractivity contribution in [3.8, 4) is 0 Å². The van der Waals surface area contributed by atoms with Crippen molar-refractivity contribution in [2.24, 2.45) is 10.9 Å². The van der Waals surface area contributed by atoms with Crippen LogP contribution in [0.1, 0.15) is 32.3 Å². The molecule has 5 nitrogen and oxygen atoms in total. The highest BCUT2D eigenvalue weighted by Gasteiger charge is 2.23. The third-order valence-electron chi connectivity index (χ3n) is 5.96. The minimum atomic E-state index is 0.657. The van der Waals surface area contributed by atoms with Crippen LogP contribution in [0.3, 0.4) is 0 Å². The molecule has 2 heterocycles. The Hall–Kier alpha value is -1.59. The predicted octanol–water partition coefficient (Wildman–Crippen LogP) is 2.50. The van der Waals surface area contributed by atoms with Gasteiger partial charge in [-0.3, -0.25) is 9.89 Å². The number of nitrogens with zero attached hydrogens (tertiary/aromatic N) is 4. The Morgan fingerprint density at radius 2 is 1.85 bits per heavy atom. The number of aliphatic imine (C=N–C) groups is 1. The third-order valence-corrected chi connectivity index (χ3v) is 5.96. The van der Waals surface area contributed by atoms with E-state index in [1.54, 1.807) is 0 Å². The van der Waals surface area contributed by atoms with Gasteiger partial charge in [-0.1, -0.05) is 30.3 Å². The highest BCUT2D eigenvalue weighted by atomic mass is 15.3. The van der Waals surface area contributed by atoms with Gasteiger partial charge in [0.2, 0.25) is 0 Å². The fraction of sp³-hybridized carbons (Fsp3) is 0.682. The summed E-state index contributed by atoms with van der Waals surface area (Å²) in [6.07, 6.45) is 2.65. The molecule has 0 spiro atoms. The number of benzene rings is 1. The smallest absolute Gasteiger partial charge is 0.193 e. The molecule has 27 heavy (non-hydrogen) atoms. The number of piperidine rings is 1. The molecule has 1 N–H and O–H groups in total. The van der Waals surface area contributed by atoms with E-state index in [0.29, 0.717) is 6.04 Å². The quantitative estimate of drug-likeness (QED) is 0.637. The Bertz CT molecular complexity index is 578. The lowest BCUT2D eigenvalue weighted by Gasteiger charge is -2.38. The van der Waals surface area contributed by atoms with E-state index in [9.17, 15) is 0 Å². The molecule has 150 valence electrons. The molecule has 2 saturated heterocycles. The topological polar surface area (TPSA) is 34.1 Å². The second-order valence-corrected chi connectivity index (χ2v) is 8.27. The van der Waals surface area contributed by atoms with Crippen LogP contribution in [0.2, 0.25) is 0 Å². The average molecular weight is 372 g/mol. The van der Waals surface area contributed by atoms with Crippen molar-refractivity contribution in [2.75, 3.05) is 52.9 Å². The van der Waals surface area contributed by atoms with Crippen molar-refractivity contribution in [3.63, 3.8) is 0 Å². The van der Waals surface area contributed by atoms with Crippen molar-refractivity contribution in [2.45, 2.75) is 39.3 Å². The van der Waals surface area contributed by atoms with E-state index >= 15 is 0 Å². The van der Waals surface area contributed by atoms with E-state index in [1.807, 2.05) is 7.05 Å². The second kappa shape index (κ2) is 10.1. The van der Waals surface area contributed by atoms with Gasteiger partial charge in [-0.25, -0.2) is 0 Å². The molecule has 2 aliphatic heterocycles. The summed E-state index contributed by atoms with van der Waals surface area (Å²) in [5, 5.41) is 3.66. The van der Waals surface area contributed by atoms with E-state index in [-0.39, 0.29) is 0 Å². The van der Waals surface area contributed by atoms with E-state index in [4.69, 9.17) is 0 Å².